The van der Waals surface area contributed by atoms with Gasteiger partial charge in [-0.25, -0.2) is 0 Å². The molecule has 0 atom stereocenters. The first-order chi connectivity index (χ1) is 3.06. The van der Waals surface area contributed by atoms with Gasteiger partial charge in [-0.3, -0.25) is 0 Å². The fourth-order valence-electron chi connectivity index (χ4n) is 0.134. The molecule has 0 saturated carbocycles. The maximum absolute atomic E-state index is 5.60. The minimum absolute atomic E-state index is 0.367. The SMILES string of the molecule is CC(C)(C)[CH]=[W][Cl]. The molecule has 0 aliphatic heterocycles. The van der Waals surface area contributed by atoms with E-state index in [1.807, 2.05) is 0 Å². The third kappa shape index (κ3) is 6.85. The Kier molecular flexibility index (Phi) is 3.35. The molecule has 0 heterocycles. The van der Waals surface area contributed by atoms with Gasteiger partial charge < -0.3 is 0 Å². The van der Waals surface area contributed by atoms with Crippen LogP contribution in [0.25, 0.3) is 0 Å². The molecule has 0 rings (SSSR count). The van der Waals surface area contributed by atoms with Crippen LogP contribution in [0, 0.1) is 5.41 Å². The zero-order valence-corrected chi connectivity index (χ0v) is 8.55. The molecule has 0 spiro atoms. The second kappa shape index (κ2) is 2.99. The van der Waals surface area contributed by atoms with Gasteiger partial charge in [-0.1, -0.05) is 0 Å². The molecule has 0 aromatic heterocycles. The van der Waals surface area contributed by atoms with Gasteiger partial charge in [-0.05, 0) is 0 Å². The molecule has 0 fully saturated rings. The van der Waals surface area contributed by atoms with Crippen LogP contribution in [0.1, 0.15) is 20.8 Å². The van der Waals surface area contributed by atoms with Gasteiger partial charge in [-0.15, -0.1) is 0 Å². The van der Waals surface area contributed by atoms with Crippen molar-refractivity contribution in [2.45, 2.75) is 20.8 Å². The predicted molar refractivity (Wildman–Crippen MR) is 31.4 cm³/mol. The topological polar surface area (TPSA) is 0 Å². The van der Waals surface area contributed by atoms with Crippen molar-refractivity contribution >= 4 is 13.8 Å². The van der Waals surface area contributed by atoms with E-state index in [1.54, 1.807) is 0 Å². The molecule has 7 heavy (non-hydrogen) atoms. The molecule has 0 saturated heterocycles. The maximum atomic E-state index is 5.60. The summed E-state index contributed by atoms with van der Waals surface area (Å²) in [6.07, 6.45) is 0. The third-order valence-corrected chi connectivity index (χ3v) is 3.99. The van der Waals surface area contributed by atoms with Crippen LogP contribution in [0.3, 0.4) is 0 Å². The van der Waals surface area contributed by atoms with Crippen LogP contribution in [-0.2, 0) is 17.1 Å². The Balaban J connectivity index is 3.56. The standard InChI is InChI=1S/C5H10.ClH.W/c1-5(2,3)4;;/h1H,2-4H3;1H;/q;;+1/p-1. The van der Waals surface area contributed by atoms with Gasteiger partial charge in [0, 0.05) is 0 Å². The molecule has 0 aliphatic carbocycles. The van der Waals surface area contributed by atoms with E-state index in [4.69, 9.17) is 9.42 Å². The molecule has 0 unspecified atom stereocenters. The zero-order chi connectivity index (χ0) is 5.91. The third-order valence-electron chi connectivity index (χ3n) is 0.398. The Morgan fingerprint density at radius 1 is 1.43 bits per heavy atom. The molecule has 0 radical (unpaired) electrons. The average molecular weight is 289 g/mol. The van der Waals surface area contributed by atoms with Gasteiger partial charge in [0.2, 0.25) is 0 Å². The van der Waals surface area contributed by atoms with E-state index in [0.29, 0.717) is 5.41 Å². The summed E-state index contributed by atoms with van der Waals surface area (Å²) in [6, 6.07) is 0. The summed E-state index contributed by atoms with van der Waals surface area (Å²) in [5.41, 5.74) is 0.367. The van der Waals surface area contributed by atoms with Crippen molar-refractivity contribution in [3.05, 3.63) is 0 Å². The monoisotopic (exact) mass is 289 g/mol. The van der Waals surface area contributed by atoms with E-state index in [-0.39, 0.29) is 0 Å². The van der Waals surface area contributed by atoms with Gasteiger partial charge in [0.1, 0.15) is 0 Å². The Labute approximate surface area is 57.2 Å². The molecule has 0 amide bonds. The van der Waals surface area contributed by atoms with Crippen LogP contribution < -0.4 is 0 Å². The van der Waals surface area contributed by atoms with Crippen molar-refractivity contribution in [2.75, 3.05) is 0 Å². The normalized spacial score (nSPS) is 13.1. The molecule has 2 heteroatoms. The molecule has 0 nitrogen and oxygen atoms in total. The van der Waals surface area contributed by atoms with Gasteiger partial charge in [0.15, 0.2) is 0 Å². The average Bonchev–Trinajstić information content (AvgIpc) is 1.30. The van der Waals surface area contributed by atoms with Crippen molar-refractivity contribution in [2.24, 2.45) is 5.41 Å². The predicted octanol–water partition coefficient (Wildman–Crippen LogP) is 2.07. The van der Waals surface area contributed by atoms with E-state index >= 15 is 0 Å². The number of rotatable bonds is 0. The van der Waals surface area contributed by atoms with Crippen LogP contribution in [-0.4, -0.2) is 4.40 Å². The quantitative estimate of drug-likeness (QED) is 0.640. The first kappa shape index (κ1) is 7.85. The van der Waals surface area contributed by atoms with Gasteiger partial charge >= 0.3 is 57.1 Å². The van der Waals surface area contributed by atoms with Crippen molar-refractivity contribution in [3.63, 3.8) is 0 Å². The Morgan fingerprint density at radius 3 is 1.86 bits per heavy atom. The summed E-state index contributed by atoms with van der Waals surface area (Å²) in [6.45, 7) is 6.53. The Hall–Kier alpha value is 0.848. The summed E-state index contributed by atoms with van der Waals surface area (Å²) < 4.78 is 2.24. The first-order valence-corrected chi connectivity index (χ1v) is 7.51. The van der Waals surface area contributed by atoms with E-state index in [2.05, 4.69) is 25.2 Å². The second-order valence-corrected chi connectivity index (χ2v) is 5.52. The molecule has 0 aromatic carbocycles. The number of hydrogen-bond acceptors (Lipinski definition) is 0. The fourth-order valence-corrected chi connectivity index (χ4v) is 3.28. The zero-order valence-electron chi connectivity index (χ0n) is 4.86. The summed E-state index contributed by atoms with van der Waals surface area (Å²) in [5, 5.41) is 0. The Morgan fingerprint density at radius 2 is 1.86 bits per heavy atom. The molecule has 0 aromatic rings. The number of halogens is 1. The van der Waals surface area contributed by atoms with Crippen LogP contribution >= 0.6 is 9.42 Å². The fraction of sp³-hybridized carbons (Fsp3) is 0.800. The Bertz CT molecular complexity index is 70.6. The van der Waals surface area contributed by atoms with Crippen molar-refractivity contribution < 1.29 is 17.1 Å². The summed E-state index contributed by atoms with van der Waals surface area (Å²) in [4.78, 5) is 0. The van der Waals surface area contributed by atoms with Crippen molar-refractivity contribution in [1.29, 1.82) is 0 Å². The molecular weight excluding hydrogens is 279 g/mol. The minimum atomic E-state index is -0.543. The van der Waals surface area contributed by atoms with Gasteiger partial charge in [0.25, 0.3) is 0 Å². The summed E-state index contributed by atoms with van der Waals surface area (Å²) >= 11 is -0.543. The molecule has 0 bridgehead atoms. The van der Waals surface area contributed by atoms with Crippen molar-refractivity contribution in [3.8, 4) is 0 Å². The number of hydrogen-bond donors (Lipinski definition) is 0. The van der Waals surface area contributed by atoms with E-state index in [1.165, 1.54) is 0 Å². The van der Waals surface area contributed by atoms with E-state index < -0.39 is 17.1 Å². The molecular formula is C5H10ClW. The molecule has 0 N–H and O–H groups in total. The van der Waals surface area contributed by atoms with Gasteiger partial charge in [-0.2, -0.15) is 0 Å². The summed E-state index contributed by atoms with van der Waals surface area (Å²) in [5.74, 6) is 0. The van der Waals surface area contributed by atoms with E-state index in [9.17, 15) is 0 Å². The van der Waals surface area contributed by atoms with Crippen LogP contribution in [0.4, 0.5) is 0 Å². The van der Waals surface area contributed by atoms with Crippen molar-refractivity contribution in [1.82, 2.24) is 0 Å². The van der Waals surface area contributed by atoms with E-state index in [0.717, 1.165) is 0 Å². The van der Waals surface area contributed by atoms with Crippen LogP contribution in [0.15, 0.2) is 0 Å². The molecule has 43 valence electrons. The van der Waals surface area contributed by atoms with Gasteiger partial charge in [0.05, 0.1) is 0 Å². The van der Waals surface area contributed by atoms with Crippen LogP contribution in [0.5, 0.6) is 0 Å². The van der Waals surface area contributed by atoms with Crippen LogP contribution in [0.2, 0.25) is 0 Å². The molecule has 0 aliphatic rings. The summed E-state index contributed by atoms with van der Waals surface area (Å²) in [7, 11) is 5.60. The first-order valence-electron chi connectivity index (χ1n) is 2.18. The second-order valence-electron chi connectivity index (χ2n) is 2.57.